The van der Waals surface area contributed by atoms with E-state index in [0.29, 0.717) is 31.6 Å². The minimum atomic E-state index is -4.58. The second-order valence-corrected chi connectivity index (χ2v) is 7.79. The van der Waals surface area contributed by atoms with Crippen LogP contribution in [0.4, 0.5) is 30.6 Å². The summed E-state index contributed by atoms with van der Waals surface area (Å²) in [5.74, 6) is -0.126. The van der Waals surface area contributed by atoms with Gasteiger partial charge in [-0.15, -0.1) is 0 Å². The highest BCUT2D eigenvalue weighted by molar-refractivity contribution is 5.78. The number of benzene rings is 2. The Morgan fingerprint density at radius 3 is 2.39 bits per heavy atom. The van der Waals surface area contributed by atoms with Crippen molar-refractivity contribution in [2.45, 2.75) is 25.4 Å². The molecule has 1 aliphatic rings. The van der Waals surface area contributed by atoms with E-state index in [0.717, 1.165) is 23.7 Å². The molecule has 1 fully saturated rings. The van der Waals surface area contributed by atoms with E-state index in [1.165, 1.54) is 0 Å². The van der Waals surface area contributed by atoms with Gasteiger partial charge in [0.1, 0.15) is 11.4 Å². The lowest BCUT2D eigenvalue weighted by Crippen LogP contribution is -2.27. The Balaban J connectivity index is 1.43. The Kier molecular flexibility index (Phi) is 6.76. The highest BCUT2D eigenvalue weighted by Crippen LogP contribution is 2.34. The summed E-state index contributed by atoms with van der Waals surface area (Å²) < 4.78 is 40.3. The van der Waals surface area contributed by atoms with Gasteiger partial charge in [-0.1, -0.05) is 42.5 Å². The van der Waals surface area contributed by atoms with Gasteiger partial charge in [-0.3, -0.25) is 4.79 Å². The molecule has 0 saturated carbocycles. The van der Waals surface area contributed by atoms with Gasteiger partial charge in [-0.25, -0.2) is 4.98 Å². The molecule has 2 N–H and O–H groups in total. The number of likely N-dealkylation sites (tertiary alicyclic amines) is 1. The Morgan fingerprint density at radius 2 is 1.73 bits per heavy atom. The minimum absolute atomic E-state index is 0.0627. The molecule has 1 amide bonds. The number of nitrogens with one attached hydrogen (secondary N) is 2. The van der Waals surface area contributed by atoms with Gasteiger partial charge in [-0.05, 0) is 36.1 Å². The van der Waals surface area contributed by atoms with Crippen molar-refractivity contribution < 1.29 is 18.0 Å². The Bertz CT molecular complexity index is 1090. The van der Waals surface area contributed by atoms with Gasteiger partial charge in [0.2, 0.25) is 11.9 Å². The average Bonchev–Trinajstić information content (AvgIpc) is 3.22. The summed E-state index contributed by atoms with van der Waals surface area (Å²) in [5.41, 5.74) is 1.82. The fraction of sp³-hybridized carbons (Fsp3) is 0.292. The van der Waals surface area contributed by atoms with Gasteiger partial charge in [-0.2, -0.15) is 18.2 Å². The molecule has 0 atom stereocenters. The maximum absolute atomic E-state index is 13.4. The van der Waals surface area contributed by atoms with Gasteiger partial charge >= 0.3 is 6.18 Å². The van der Waals surface area contributed by atoms with E-state index in [1.807, 2.05) is 54.6 Å². The summed E-state index contributed by atoms with van der Waals surface area (Å²) in [6.45, 7) is 1.48. The summed E-state index contributed by atoms with van der Waals surface area (Å²) >= 11 is 0. The molecule has 0 unspecified atom stereocenters. The number of nitrogens with zero attached hydrogens (tertiary/aromatic N) is 3. The Labute approximate surface area is 189 Å². The van der Waals surface area contributed by atoms with Crippen molar-refractivity contribution in [3.63, 3.8) is 0 Å². The summed E-state index contributed by atoms with van der Waals surface area (Å²) in [6.07, 6.45) is -1.91. The third-order valence-electron chi connectivity index (χ3n) is 5.41. The Hall–Kier alpha value is -3.62. The first-order valence-electron chi connectivity index (χ1n) is 10.8. The lowest BCUT2D eigenvalue weighted by atomic mass is 10.1. The van der Waals surface area contributed by atoms with Crippen LogP contribution in [-0.4, -0.2) is 40.4 Å². The summed E-state index contributed by atoms with van der Waals surface area (Å²) in [5, 5.41) is 5.73. The van der Waals surface area contributed by atoms with Gasteiger partial charge in [0, 0.05) is 37.9 Å². The predicted octanol–water partition coefficient (Wildman–Crippen LogP) is 5.33. The highest BCUT2D eigenvalue weighted by Gasteiger charge is 2.35. The van der Waals surface area contributed by atoms with Crippen LogP contribution in [-0.2, 0) is 11.0 Å². The standard InChI is InChI=1S/C24H24F3N5O/c25-24(26,27)20-16-29-23(31-22(20)28-13-5-15-32-14-4-8-21(32)33)30-19-11-9-18(10-12-19)17-6-2-1-3-7-17/h1-3,6-7,9-12,16H,4-5,8,13-15H2,(H2,28,29,30,31). The van der Waals surface area contributed by atoms with E-state index in [1.54, 1.807) is 4.90 Å². The fourth-order valence-electron chi connectivity index (χ4n) is 3.71. The number of anilines is 3. The number of carbonyl (C=O) groups excluding carboxylic acids is 1. The van der Waals surface area contributed by atoms with Crippen molar-refractivity contribution in [1.29, 1.82) is 0 Å². The van der Waals surface area contributed by atoms with Crippen LogP contribution in [0.5, 0.6) is 0 Å². The van der Waals surface area contributed by atoms with Crippen LogP contribution in [0.25, 0.3) is 11.1 Å². The van der Waals surface area contributed by atoms with Crippen molar-refractivity contribution in [1.82, 2.24) is 14.9 Å². The zero-order valence-corrected chi connectivity index (χ0v) is 17.9. The molecule has 1 aromatic heterocycles. The van der Waals surface area contributed by atoms with Crippen LogP contribution in [0.3, 0.4) is 0 Å². The normalized spacial score (nSPS) is 13.9. The third-order valence-corrected chi connectivity index (χ3v) is 5.41. The minimum Gasteiger partial charge on any atom is -0.369 e. The Morgan fingerprint density at radius 1 is 1.00 bits per heavy atom. The van der Waals surface area contributed by atoms with E-state index in [9.17, 15) is 18.0 Å². The molecule has 0 aliphatic carbocycles. The molecule has 9 heteroatoms. The lowest BCUT2D eigenvalue weighted by molar-refractivity contribution is -0.137. The van der Waals surface area contributed by atoms with Crippen LogP contribution in [0.1, 0.15) is 24.8 Å². The number of carbonyl (C=O) groups is 1. The van der Waals surface area contributed by atoms with Crippen molar-refractivity contribution in [2.75, 3.05) is 30.3 Å². The molecular formula is C24H24F3N5O. The zero-order valence-electron chi connectivity index (χ0n) is 17.9. The second-order valence-electron chi connectivity index (χ2n) is 7.79. The summed E-state index contributed by atoms with van der Waals surface area (Å²) in [7, 11) is 0. The highest BCUT2D eigenvalue weighted by atomic mass is 19.4. The molecule has 33 heavy (non-hydrogen) atoms. The molecule has 2 heterocycles. The lowest BCUT2D eigenvalue weighted by Gasteiger charge is -2.17. The van der Waals surface area contributed by atoms with E-state index in [2.05, 4.69) is 20.6 Å². The van der Waals surface area contributed by atoms with Crippen LogP contribution in [0.15, 0.2) is 60.8 Å². The van der Waals surface area contributed by atoms with E-state index < -0.39 is 11.7 Å². The topological polar surface area (TPSA) is 70.2 Å². The smallest absolute Gasteiger partial charge is 0.369 e. The van der Waals surface area contributed by atoms with Crippen molar-refractivity contribution in [3.8, 4) is 11.1 Å². The van der Waals surface area contributed by atoms with Gasteiger partial charge in [0.05, 0.1) is 0 Å². The molecular weight excluding hydrogens is 431 g/mol. The third kappa shape index (κ3) is 5.79. The molecule has 0 spiro atoms. The van der Waals surface area contributed by atoms with Crippen LogP contribution in [0, 0.1) is 0 Å². The number of aromatic nitrogens is 2. The molecule has 0 radical (unpaired) electrons. The first-order chi connectivity index (χ1) is 15.9. The molecule has 3 aromatic rings. The maximum atomic E-state index is 13.4. The summed E-state index contributed by atoms with van der Waals surface area (Å²) in [6, 6.07) is 17.3. The van der Waals surface area contributed by atoms with E-state index in [4.69, 9.17) is 0 Å². The van der Waals surface area contributed by atoms with Gasteiger partial charge in [0.15, 0.2) is 0 Å². The molecule has 6 nitrogen and oxygen atoms in total. The summed E-state index contributed by atoms with van der Waals surface area (Å²) in [4.78, 5) is 21.3. The largest absolute Gasteiger partial charge is 0.421 e. The van der Waals surface area contributed by atoms with E-state index in [-0.39, 0.29) is 24.2 Å². The van der Waals surface area contributed by atoms with Crippen molar-refractivity contribution in [3.05, 3.63) is 66.4 Å². The first-order valence-corrected chi connectivity index (χ1v) is 10.8. The van der Waals surface area contributed by atoms with Gasteiger partial charge in [0.25, 0.3) is 0 Å². The average molecular weight is 455 g/mol. The monoisotopic (exact) mass is 455 g/mol. The second kappa shape index (κ2) is 9.89. The van der Waals surface area contributed by atoms with Crippen LogP contribution >= 0.6 is 0 Å². The quantitative estimate of drug-likeness (QED) is 0.450. The number of amides is 1. The molecule has 2 aromatic carbocycles. The number of hydrogen-bond donors (Lipinski definition) is 2. The molecule has 0 bridgehead atoms. The van der Waals surface area contributed by atoms with E-state index >= 15 is 0 Å². The number of rotatable bonds is 8. The predicted molar refractivity (Wildman–Crippen MR) is 121 cm³/mol. The number of halogens is 3. The molecule has 4 rings (SSSR count). The molecule has 1 aliphatic heterocycles. The van der Waals surface area contributed by atoms with Crippen molar-refractivity contribution >= 4 is 23.4 Å². The fourth-order valence-corrected chi connectivity index (χ4v) is 3.71. The number of hydrogen-bond acceptors (Lipinski definition) is 5. The maximum Gasteiger partial charge on any atom is 0.421 e. The zero-order chi connectivity index (χ0) is 23.3. The molecule has 172 valence electrons. The van der Waals surface area contributed by atoms with Crippen LogP contribution in [0.2, 0.25) is 0 Å². The number of alkyl halides is 3. The molecule has 1 saturated heterocycles. The first kappa shape index (κ1) is 22.6. The van der Waals surface area contributed by atoms with Crippen LogP contribution < -0.4 is 10.6 Å². The van der Waals surface area contributed by atoms with Gasteiger partial charge < -0.3 is 15.5 Å². The van der Waals surface area contributed by atoms with Crippen molar-refractivity contribution in [2.24, 2.45) is 0 Å². The SMILES string of the molecule is O=C1CCCN1CCCNc1nc(Nc2ccc(-c3ccccc3)cc2)ncc1C(F)(F)F.